The zero-order chi connectivity index (χ0) is 31.2. The predicted octanol–water partition coefficient (Wildman–Crippen LogP) is 6.78. The summed E-state index contributed by atoms with van der Waals surface area (Å²) in [6, 6.07) is 17.7. The van der Waals surface area contributed by atoms with Gasteiger partial charge in [-0.2, -0.15) is 0 Å². The minimum atomic E-state index is -4.16. The number of benzene rings is 3. The van der Waals surface area contributed by atoms with Crippen molar-refractivity contribution in [3.8, 4) is 0 Å². The Labute approximate surface area is 259 Å². The summed E-state index contributed by atoms with van der Waals surface area (Å²) in [5.74, 6) is -0.885. The van der Waals surface area contributed by atoms with E-state index in [0.29, 0.717) is 34.1 Å². The molecular formula is C32H39Cl2N3O4S. The molecule has 0 saturated heterocycles. The van der Waals surface area contributed by atoms with Crippen LogP contribution in [0.25, 0.3) is 0 Å². The number of carbonyl (C=O) groups is 2. The molecular weight excluding hydrogens is 593 g/mol. The fourth-order valence-corrected chi connectivity index (χ4v) is 6.53. The second-order valence-electron chi connectivity index (χ2n) is 11.2. The van der Waals surface area contributed by atoms with Gasteiger partial charge in [-0.25, -0.2) is 8.42 Å². The van der Waals surface area contributed by atoms with E-state index in [1.54, 1.807) is 42.5 Å². The average molecular weight is 633 g/mol. The number of halogens is 2. The lowest BCUT2D eigenvalue weighted by Gasteiger charge is -2.35. The van der Waals surface area contributed by atoms with Crippen molar-refractivity contribution in [1.82, 2.24) is 10.2 Å². The molecule has 1 N–H and O–H groups in total. The van der Waals surface area contributed by atoms with Gasteiger partial charge in [0.1, 0.15) is 12.6 Å². The van der Waals surface area contributed by atoms with E-state index in [4.69, 9.17) is 23.2 Å². The summed E-state index contributed by atoms with van der Waals surface area (Å²) in [4.78, 5) is 29.2. The lowest BCUT2D eigenvalue weighted by molar-refractivity contribution is -0.141. The highest BCUT2D eigenvalue weighted by atomic mass is 35.5. The van der Waals surface area contributed by atoms with Gasteiger partial charge in [0, 0.05) is 22.1 Å². The first kappa shape index (κ1) is 33.4. The number of nitrogens with one attached hydrogen (secondary N) is 1. The maximum Gasteiger partial charge on any atom is 0.264 e. The number of anilines is 1. The summed E-state index contributed by atoms with van der Waals surface area (Å²) in [7, 11) is -4.16. The van der Waals surface area contributed by atoms with Crippen LogP contribution in [0.3, 0.4) is 0 Å². The Morgan fingerprint density at radius 3 is 2.14 bits per heavy atom. The number of hydrogen-bond donors (Lipinski definition) is 1. The third-order valence-corrected chi connectivity index (χ3v) is 9.13. The maximum absolute atomic E-state index is 14.3. The van der Waals surface area contributed by atoms with Crippen LogP contribution in [0.5, 0.6) is 0 Å². The summed E-state index contributed by atoms with van der Waals surface area (Å²) in [5, 5.41) is 3.74. The molecule has 0 aliphatic rings. The molecule has 0 fully saturated rings. The fraction of sp³-hybridized carbons (Fsp3) is 0.375. The summed E-state index contributed by atoms with van der Waals surface area (Å²) >= 11 is 12.6. The lowest BCUT2D eigenvalue weighted by Crippen LogP contribution is -2.55. The smallest absolute Gasteiger partial charge is 0.264 e. The molecule has 0 spiro atoms. The molecule has 7 nitrogen and oxygen atoms in total. The zero-order valence-corrected chi connectivity index (χ0v) is 27.3. The molecule has 0 heterocycles. The molecule has 3 aromatic carbocycles. The molecule has 10 heteroatoms. The molecule has 3 rings (SSSR count). The number of amides is 2. The average Bonchev–Trinajstić information content (AvgIpc) is 2.91. The van der Waals surface area contributed by atoms with E-state index in [2.05, 4.69) is 5.32 Å². The molecule has 0 radical (unpaired) electrons. The van der Waals surface area contributed by atoms with Crippen molar-refractivity contribution in [2.24, 2.45) is 0 Å². The normalized spacial score (nSPS) is 12.5. The highest BCUT2D eigenvalue weighted by Gasteiger charge is 2.35. The summed E-state index contributed by atoms with van der Waals surface area (Å²) in [5.41, 5.74) is 2.12. The van der Waals surface area contributed by atoms with E-state index in [9.17, 15) is 18.0 Å². The Morgan fingerprint density at radius 2 is 1.57 bits per heavy atom. The van der Waals surface area contributed by atoms with Gasteiger partial charge in [-0.05, 0) is 82.0 Å². The number of hydrogen-bond acceptors (Lipinski definition) is 4. The summed E-state index contributed by atoms with van der Waals surface area (Å²) in [6.45, 7) is 10.7. The van der Waals surface area contributed by atoms with E-state index in [-0.39, 0.29) is 17.3 Å². The van der Waals surface area contributed by atoms with Crippen LogP contribution in [0.1, 0.15) is 57.7 Å². The lowest BCUT2D eigenvalue weighted by atomic mass is 10.1. The molecule has 0 aromatic heterocycles. The van der Waals surface area contributed by atoms with Crippen molar-refractivity contribution in [2.75, 3.05) is 10.8 Å². The van der Waals surface area contributed by atoms with Crippen LogP contribution >= 0.6 is 23.2 Å². The Morgan fingerprint density at radius 1 is 0.929 bits per heavy atom. The van der Waals surface area contributed by atoms with Gasteiger partial charge in [-0.1, -0.05) is 79.0 Å². The molecule has 1 atom stereocenters. The maximum atomic E-state index is 14.3. The number of nitrogens with zero attached hydrogens (tertiary/aromatic N) is 2. The molecule has 42 heavy (non-hydrogen) atoms. The SMILES string of the molecule is CCc1ccccc1N(CC(=O)N(Cc1ccc(Cl)cc1Cl)[C@H](CC)C(=O)NC(C)(C)C)S(=O)(=O)c1ccc(C)cc1. The van der Waals surface area contributed by atoms with E-state index in [1.807, 2.05) is 53.7 Å². The Bertz CT molecular complexity index is 1520. The molecule has 3 aromatic rings. The van der Waals surface area contributed by atoms with Crippen LogP contribution in [-0.2, 0) is 32.6 Å². The second-order valence-corrected chi connectivity index (χ2v) is 13.9. The van der Waals surface area contributed by atoms with Gasteiger partial charge in [0.2, 0.25) is 11.8 Å². The van der Waals surface area contributed by atoms with E-state index in [1.165, 1.54) is 17.0 Å². The van der Waals surface area contributed by atoms with Gasteiger partial charge in [0.15, 0.2) is 0 Å². The quantitative estimate of drug-likeness (QED) is 0.253. The van der Waals surface area contributed by atoms with Gasteiger partial charge < -0.3 is 10.2 Å². The monoisotopic (exact) mass is 631 g/mol. The molecule has 2 amide bonds. The topological polar surface area (TPSA) is 86.8 Å². The third kappa shape index (κ3) is 8.27. The van der Waals surface area contributed by atoms with Gasteiger partial charge in [0.05, 0.1) is 10.6 Å². The minimum Gasteiger partial charge on any atom is -0.350 e. The van der Waals surface area contributed by atoms with Crippen molar-refractivity contribution in [3.63, 3.8) is 0 Å². The van der Waals surface area contributed by atoms with Crippen LogP contribution in [0.15, 0.2) is 71.6 Å². The standard InChI is InChI=1S/C32H39Cl2N3O4S/c1-7-23-11-9-10-12-29(23)37(42(40,41)26-17-13-22(3)14-18-26)21-30(38)36(20-24-15-16-25(33)19-27(24)34)28(8-2)31(39)35-32(4,5)6/h9-19,28H,7-8,20-21H2,1-6H3,(H,35,39)/t28-/m1/s1. The molecule has 226 valence electrons. The van der Waals surface area contributed by atoms with Gasteiger partial charge in [-0.15, -0.1) is 0 Å². The summed E-state index contributed by atoms with van der Waals surface area (Å²) in [6.07, 6.45) is 0.856. The van der Waals surface area contributed by atoms with Crippen LogP contribution in [-0.4, -0.2) is 43.3 Å². The third-order valence-electron chi connectivity index (χ3n) is 6.77. The number of rotatable bonds is 11. The van der Waals surface area contributed by atoms with Crippen LogP contribution < -0.4 is 9.62 Å². The van der Waals surface area contributed by atoms with Crippen molar-refractivity contribution in [1.29, 1.82) is 0 Å². The van der Waals surface area contributed by atoms with Crippen molar-refractivity contribution >= 4 is 50.7 Å². The number of para-hydroxylation sites is 1. The number of carbonyl (C=O) groups excluding carboxylic acids is 2. The van der Waals surface area contributed by atoms with Crippen LogP contribution in [0, 0.1) is 6.92 Å². The van der Waals surface area contributed by atoms with Gasteiger partial charge in [-0.3, -0.25) is 13.9 Å². The zero-order valence-electron chi connectivity index (χ0n) is 24.9. The van der Waals surface area contributed by atoms with Gasteiger partial charge in [0.25, 0.3) is 10.0 Å². The number of aryl methyl sites for hydroxylation is 2. The first-order valence-corrected chi connectivity index (χ1v) is 16.1. The van der Waals surface area contributed by atoms with Gasteiger partial charge >= 0.3 is 0 Å². The fourth-order valence-electron chi connectivity index (χ4n) is 4.61. The van der Waals surface area contributed by atoms with Crippen molar-refractivity contribution in [3.05, 3.63) is 93.5 Å². The molecule has 0 aliphatic heterocycles. The first-order valence-electron chi connectivity index (χ1n) is 13.9. The summed E-state index contributed by atoms with van der Waals surface area (Å²) < 4.78 is 29.4. The number of sulfonamides is 1. The largest absolute Gasteiger partial charge is 0.350 e. The van der Waals surface area contributed by atoms with E-state index >= 15 is 0 Å². The highest BCUT2D eigenvalue weighted by molar-refractivity contribution is 7.92. The first-order chi connectivity index (χ1) is 19.7. The predicted molar refractivity (Wildman–Crippen MR) is 171 cm³/mol. The van der Waals surface area contributed by atoms with E-state index < -0.39 is 34.1 Å². The Hall–Kier alpha value is -3.07. The highest BCUT2D eigenvalue weighted by Crippen LogP contribution is 2.29. The Kier molecular flexibility index (Phi) is 11.1. The molecule has 0 saturated carbocycles. The molecule has 0 unspecified atom stereocenters. The Balaban J connectivity index is 2.13. The van der Waals surface area contributed by atoms with Crippen molar-refractivity contribution in [2.45, 2.75) is 77.4 Å². The van der Waals surface area contributed by atoms with Crippen LogP contribution in [0.4, 0.5) is 5.69 Å². The second kappa shape index (κ2) is 13.9. The molecule has 0 bridgehead atoms. The van der Waals surface area contributed by atoms with Crippen LogP contribution in [0.2, 0.25) is 10.0 Å². The van der Waals surface area contributed by atoms with Crippen molar-refractivity contribution < 1.29 is 18.0 Å². The molecule has 0 aliphatic carbocycles. The van der Waals surface area contributed by atoms with E-state index in [0.717, 1.165) is 15.4 Å². The minimum absolute atomic E-state index is 0.0151.